The van der Waals surface area contributed by atoms with Gasteiger partial charge in [-0.15, -0.1) is 0 Å². The van der Waals surface area contributed by atoms with E-state index in [0.717, 1.165) is 77.6 Å². The van der Waals surface area contributed by atoms with Gasteiger partial charge in [0.1, 0.15) is 67.1 Å². The van der Waals surface area contributed by atoms with Gasteiger partial charge in [-0.25, -0.2) is 4.57 Å². The highest BCUT2D eigenvalue weighted by Crippen LogP contribution is 2.48. The summed E-state index contributed by atoms with van der Waals surface area (Å²) in [5.41, 5.74) is 0. The van der Waals surface area contributed by atoms with E-state index in [0.29, 0.717) is 13.2 Å². The molecule has 1 amide bonds. The number of hydrogen-bond acceptors (Lipinski definition) is 15. The van der Waals surface area contributed by atoms with Crippen LogP contribution < -0.4 is 5.32 Å². The zero-order valence-corrected chi connectivity index (χ0v) is 31.1. The Hall–Kier alpha value is -0.860. The molecule has 1 aliphatic heterocycles. The van der Waals surface area contributed by atoms with Gasteiger partial charge < -0.3 is 64.9 Å². The largest absolute Gasteiger partial charge is 0.472 e. The minimum Gasteiger partial charge on any atom is -0.394 e. The second-order valence-electron chi connectivity index (χ2n) is 13.4. The summed E-state index contributed by atoms with van der Waals surface area (Å²) in [6.45, 7) is 5.02. The fourth-order valence-electron chi connectivity index (χ4n) is 6.04. The third-order valence-electron chi connectivity index (χ3n) is 9.06. The van der Waals surface area contributed by atoms with E-state index in [1.54, 1.807) is 0 Å². The van der Waals surface area contributed by atoms with Gasteiger partial charge in [0.15, 0.2) is 6.29 Å². The maximum absolute atomic E-state index is 13.3. The zero-order valence-electron chi connectivity index (χ0n) is 30.2. The Labute approximate surface area is 301 Å². The molecule has 1 saturated carbocycles. The molecular formula is C33H64NO16P. The second kappa shape index (κ2) is 24.5. The number of nitrogens with one attached hydrogen (secondary N) is 1. The number of carbonyl (C=O) groups excluding carboxylic acids is 1. The molecule has 1 aliphatic carbocycles. The molecule has 0 aromatic heterocycles. The van der Waals surface area contributed by atoms with Crippen LogP contribution in [0.3, 0.4) is 0 Å². The van der Waals surface area contributed by atoms with Crippen LogP contribution in [0, 0.1) is 0 Å². The first-order valence-corrected chi connectivity index (χ1v) is 19.9. The first kappa shape index (κ1) is 46.3. The summed E-state index contributed by atoms with van der Waals surface area (Å²) in [5, 5.41) is 75.5. The predicted molar refractivity (Wildman–Crippen MR) is 182 cm³/mol. The molecule has 2 fully saturated rings. The Morgan fingerprint density at radius 3 is 1.86 bits per heavy atom. The highest BCUT2D eigenvalue weighted by atomic mass is 31.2. The minimum atomic E-state index is -5.13. The highest BCUT2D eigenvalue weighted by Gasteiger charge is 2.55. The van der Waals surface area contributed by atoms with Crippen LogP contribution in [-0.4, -0.2) is 153 Å². The molecule has 302 valence electrons. The van der Waals surface area contributed by atoms with Crippen molar-refractivity contribution in [2.75, 3.05) is 33.0 Å². The van der Waals surface area contributed by atoms with Gasteiger partial charge in [0.2, 0.25) is 5.91 Å². The zero-order chi connectivity index (χ0) is 38.0. The number of carbonyl (C=O) groups is 1. The van der Waals surface area contributed by atoms with Gasteiger partial charge in [-0.05, 0) is 12.8 Å². The number of unbranched alkanes of at least 4 members (excludes halogenated alkanes) is 10. The summed E-state index contributed by atoms with van der Waals surface area (Å²) in [5.74, 6) is -0.684. The Balaban J connectivity index is 2.13. The minimum absolute atomic E-state index is 0.0654. The summed E-state index contributed by atoms with van der Waals surface area (Å²) >= 11 is 0. The lowest BCUT2D eigenvalue weighted by molar-refractivity contribution is -0.317. The van der Waals surface area contributed by atoms with E-state index in [1.807, 2.05) is 0 Å². The van der Waals surface area contributed by atoms with Crippen molar-refractivity contribution >= 4 is 13.7 Å². The molecule has 1 heterocycles. The standard InChI is InChI=1S/C33H64NO16P/c1-4-6-8-10-12-14-16-45-19-22(46-17-15-13-11-9-7-5-2)20-47-51(43,44)50-32-30(42)28(40)27(39)29(41)31(32)49-33-24(34-21(3)36)26(38)25(37)23(18-35)48-33/h22-33,35,37-42H,4-20H2,1-3H3,(H,34,36)(H,43,44)/t22-,23-,24-,25-,26-,27-,28-,29+,30-,31-,32-,33-/m1/s1. The summed E-state index contributed by atoms with van der Waals surface area (Å²) in [4.78, 5) is 22.6. The lowest BCUT2D eigenvalue weighted by atomic mass is 9.84. The molecular weight excluding hydrogens is 697 g/mol. The number of rotatable bonds is 26. The first-order valence-electron chi connectivity index (χ1n) is 18.4. The van der Waals surface area contributed by atoms with Crippen molar-refractivity contribution in [3.05, 3.63) is 0 Å². The van der Waals surface area contributed by atoms with Gasteiger partial charge in [0.25, 0.3) is 0 Å². The highest BCUT2D eigenvalue weighted by molar-refractivity contribution is 7.47. The quantitative estimate of drug-likeness (QED) is 0.0427. The monoisotopic (exact) mass is 761 g/mol. The Morgan fingerprint density at radius 2 is 1.29 bits per heavy atom. The van der Waals surface area contributed by atoms with Crippen molar-refractivity contribution in [2.45, 2.75) is 171 Å². The molecule has 1 saturated heterocycles. The number of ether oxygens (including phenoxy) is 4. The van der Waals surface area contributed by atoms with E-state index in [1.165, 1.54) is 6.42 Å². The molecule has 17 nitrogen and oxygen atoms in total. The van der Waals surface area contributed by atoms with Crippen LogP contribution in [0.1, 0.15) is 97.8 Å². The van der Waals surface area contributed by atoms with Gasteiger partial charge in [-0.1, -0.05) is 78.1 Å². The molecule has 0 spiro atoms. The summed E-state index contributed by atoms with van der Waals surface area (Å²) in [7, 11) is -5.13. The Morgan fingerprint density at radius 1 is 0.745 bits per heavy atom. The molecule has 0 radical (unpaired) electrons. The number of phosphoric acid groups is 1. The lowest BCUT2D eigenvalue weighted by Gasteiger charge is -2.48. The summed E-state index contributed by atoms with van der Waals surface area (Å²) in [6.07, 6.45) is -7.03. The molecule has 0 aromatic carbocycles. The number of amides is 1. The molecule has 2 rings (SSSR count). The van der Waals surface area contributed by atoms with E-state index in [-0.39, 0.29) is 6.61 Å². The lowest BCUT2D eigenvalue weighted by Crippen LogP contribution is -2.69. The maximum atomic E-state index is 13.3. The van der Waals surface area contributed by atoms with E-state index in [2.05, 4.69) is 19.2 Å². The van der Waals surface area contributed by atoms with Crippen molar-refractivity contribution < 1.29 is 78.0 Å². The smallest absolute Gasteiger partial charge is 0.394 e. The third kappa shape index (κ3) is 15.8. The topological polar surface area (TPSA) is 263 Å². The SMILES string of the molecule is CCCCCCCCOC[C@H](COP(=O)(O)O[C@@H]1[C@H](O)[C@H](O)[C@@H](O)[C@H](O)[C@H]1O[C@H]1O[C@H](CO)[C@@H](O)[C@H](O)[C@H]1NC(C)=O)OCCCCCCCC. The van der Waals surface area contributed by atoms with E-state index in [4.69, 9.17) is 28.0 Å². The van der Waals surface area contributed by atoms with Crippen molar-refractivity contribution in [1.29, 1.82) is 0 Å². The molecule has 9 N–H and O–H groups in total. The van der Waals surface area contributed by atoms with Gasteiger partial charge in [-0.3, -0.25) is 13.8 Å². The summed E-state index contributed by atoms with van der Waals surface area (Å²) in [6, 6.07) is -1.51. The number of aliphatic hydroxyl groups excluding tert-OH is 7. The van der Waals surface area contributed by atoms with Crippen molar-refractivity contribution in [2.24, 2.45) is 0 Å². The fraction of sp³-hybridized carbons (Fsp3) is 0.970. The van der Waals surface area contributed by atoms with Crippen LogP contribution in [0.25, 0.3) is 0 Å². The Kier molecular flexibility index (Phi) is 22.3. The Bertz CT molecular complexity index is 999. The van der Waals surface area contributed by atoms with Crippen molar-refractivity contribution in [1.82, 2.24) is 5.32 Å². The molecule has 18 heteroatoms. The number of hydrogen-bond donors (Lipinski definition) is 9. The van der Waals surface area contributed by atoms with Crippen LogP contribution in [-0.2, 0) is 37.4 Å². The van der Waals surface area contributed by atoms with Crippen LogP contribution in [0.5, 0.6) is 0 Å². The normalized spacial score (nSPS) is 33.1. The van der Waals surface area contributed by atoms with Gasteiger partial charge in [-0.2, -0.15) is 0 Å². The van der Waals surface area contributed by atoms with E-state index in [9.17, 15) is 50.0 Å². The van der Waals surface area contributed by atoms with Crippen LogP contribution >= 0.6 is 7.82 Å². The van der Waals surface area contributed by atoms with Crippen LogP contribution in [0.2, 0.25) is 0 Å². The van der Waals surface area contributed by atoms with Gasteiger partial charge in [0, 0.05) is 20.1 Å². The first-order chi connectivity index (χ1) is 24.3. The number of aliphatic hydroxyl groups is 7. The average molecular weight is 762 g/mol. The van der Waals surface area contributed by atoms with Crippen LogP contribution in [0.15, 0.2) is 0 Å². The van der Waals surface area contributed by atoms with Crippen LogP contribution in [0.4, 0.5) is 0 Å². The van der Waals surface area contributed by atoms with Crippen molar-refractivity contribution in [3.8, 4) is 0 Å². The molecule has 1 unspecified atom stereocenters. The van der Waals surface area contributed by atoms with Gasteiger partial charge in [0.05, 0.1) is 19.8 Å². The van der Waals surface area contributed by atoms with E-state index >= 15 is 0 Å². The predicted octanol–water partition coefficient (Wildman–Crippen LogP) is 0.398. The summed E-state index contributed by atoms with van der Waals surface area (Å²) < 4.78 is 46.7. The average Bonchev–Trinajstić information content (AvgIpc) is 3.09. The fourth-order valence-corrected chi connectivity index (χ4v) is 7.01. The number of phosphoric ester groups is 1. The maximum Gasteiger partial charge on any atom is 0.472 e. The molecule has 2 aliphatic rings. The molecule has 51 heavy (non-hydrogen) atoms. The molecule has 0 bridgehead atoms. The molecule has 13 atom stereocenters. The van der Waals surface area contributed by atoms with E-state index < -0.39 is 100 Å². The third-order valence-corrected chi connectivity index (χ3v) is 10.0. The van der Waals surface area contributed by atoms with Crippen molar-refractivity contribution in [3.63, 3.8) is 0 Å². The van der Waals surface area contributed by atoms with Gasteiger partial charge >= 0.3 is 7.82 Å². The second-order valence-corrected chi connectivity index (χ2v) is 14.8. The molecule has 0 aromatic rings.